The molecule has 5 heteroatoms. The molecular weight excluding hydrogens is 242 g/mol. The maximum atomic E-state index is 8.74. The fraction of sp³-hybridized carbons (Fsp3) is 0.500. The Hall–Kier alpha value is -1.75. The number of ether oxygens (including phenoxy) is 1. The van der Waals surface area contributed by atoms with E-state index < -0.39 is 0 Å². The molecule has 1 aromatic carbocycles. The molecular formula is C14H21N3O2. The fourth-order valence-electron chi connectivity index (χ4n) is 2.27. The summed E-state index contributed by atoms with van der Waals surface area (Å²) in [4.78, 5) is 2.46. The van der Waals surface area contributed by atoms with Crippen LogP contribution in [0, 0.1) is 0 Å². The van der Waals surface area contributed by atoms with Crippen molar-refractivity contribution < 1.29 is 9.94 Å². The number of methoxy groups -OCH3 is 1. The van der Waals surface area contributed by atoms with Crippen LogP contribution in [0.3, 0.4) is 0 Å². The van der Waals surface area contributed by atoms with Gasteiger partial charge in [0, 0.05) is 12.6 Å². The molecule has 2 rings (SSSR count). The molecule has 0 spiro atoms. The summed E-state index contributed by atoms with van der Waals surface area (Å²) in [7, 11) is 1.59. The second-order valence-electron chi connectivity index (χ2n) is 4.81. The number of nitrogens with two attached hydrogens (primary N) is 1. The number of oxime groups is 1. The van der Waals surface area contributed by atoms with Gasteiger partial charge in [0.2, 0.25) is 0 Å². The lowest BCUT2D eigenvalue weighted by atomic mass is 10.1. The quantitative estimate of drug-likeness (QED) is 0.355. The molecule has 19 heavy (non-hydrogen) atoms. The molecule has 0 saturated heterocycles. The third-order valence-corrected chi connectivity index (χ3v) is 3.50. The Morgan fingerprint density at radius 3 is 2.79 bits per heavy atom. The van der Waals surface area contributed by atoms with Gasteiger partial charge in [-0.3, -0.25) is 4.90 Å². The standard InChI is InChI=1S/C14H21N3O2/c1-3-17(11-5-6-11)9-10-4-7-12(14(15)16-18)13(8-10)19-2/h4,7-8,11,18H,3,5-6,9H2,1-2H3,(H2,15,16). The van der Waals surface area contributed by atoms with E-state index >= 15 is 0 Å². The highest BCUT2D eigenvalue weighted by Gasteiger charge is 2.27. The van der Waals surface area contributed by atoms with E-state index in [9.17, 15) is 0 Å². The summed E-state index contributed by atoms with van der Waals surface area (Å²) in [6.07, 6.45) is 2.60. The van der Waals surface area contributed by atoms with Crippen molar-refractivity contribution in [3.63, 3.8) is 0 Å². The van der Waals surface area contributed by atoms with Gasteiger partial charge in [-0.2, -0.15) is 0 Å². The molecule has 3 N–H and O–H groups in total. The normalized spacial score (nSPS) is 15.8. The number of hydrogen-bond acceptors (Lipinski definition) is 4. The average molecular weight is 263 g/mol. The lowest BCUT2D eigenvalue weighted by Crippen LogP contribution is -2.25. The van der Waals surface area contributed by atoms with E-state index in [0.29, 0.717) is 11.3 Å². The van der Waals surface area contributed by atoms with E-state index in [-0.39, 0.29) is 5.84 Å². The lowest BCUT2D eigenvalue weighted by Gasteiger charge is -2.20. The number of amidine groups is 1. The van der Waals surface area contributed by atoms with Gasteiger partial charge in [0.05, 0.1) is 12.7 Å². The Kier molecular flexibility index (Phi) is 4.27. The highest BCUT2D eigenvalue weighted by molar-refractivity contribution is 5.99. The number of nitrogens with zero attached hydrogens (tertiary/aromatic N) is 2. The van der Waals surface area contributed by atoms with Gasteiger partial charge in [-0.05, 0) is 37.1 Å². The largest absolute Gasteiger partial charge is 0.496 e. The van der Waals surface area contributed by atoms with Crippen LogP contribution < -0.4 is 10.5 Å². The predicted molar refractivity (Wildman–Crippen MR) is 74.6 cm³/mol. The van der Waals surface area contributed by atoms with E-state index in [1.54, 1.807) is 7.11 Å². The first kappa shape index (κ1) is 13.7. The SMILES string of the molecule is CCN(Cc1ccc(/C(N)=N/O)c(OC)c1)C1CC1. The first-order valence-corrected chi connectivity index (χ1v) is 6.58. The maximum Gasteiger partial charge on any atom is 0.173 e. The molecule has 0 radical (unpaired) electrons. The van der Waals surface area contributed by atoms with Crippen molar-refractivity contribution in [2.75, 3.05) is 13.7 Å². The molecule has 1 saturated carbocycles. The van der Waals surface area contributed by atoms with E-state index in [1.807, 2.05) is 18.2 Å². The lowest BCUT2D eigenvalue weighted by molar-refractivity contribution is 0.269. The molecule has 1 fully saturated rings. The molecule has 1 aromatic rings. The summed E-state index contributed by atoms with van der Waals surface area (Å²) in [6, 6.07) is 6.53. The van der Waals surface area contributed by atoms with Crippen LogP contribution in [0.25, 0.3) is 0 Å². The van der Waals surface area contributed by atoms with Crippen LogP contribution in [0.2, 0.25) is 0 Å². The summed E-state index contributed by atoms with van der Waals surface area (Å²) >= 11 is 0. The van der Waals surface area contributed by atoms with Crippen LogP contribution in [0.1, 0.15) is 30.9 Å². The first-order valence-electron chi connectivity index (χ1n) is 6.58. The third kappa shape index (κ3) is 3.17. The van der Waals surface area contributed by atoms with Gasteiger partial charge in [0.25, 0.3) is 0 Å². The molecule has 0 aromatic heterocycles. The van der Waals surface area contributed by atoms with E-state index in [2.05, 4.69) is 17.0 Å². The molecule has 0 bridgehead atoms. The van der Waals surface area contributed by atoms with Crippen molar-refractivity contribution in [2.24, 2.45) is 10.9 Å². The first-order chi connectivity index (χ1) is 9.19. The number of rotatable bonds is 6. The highest BCUT2D eigenvalue weighted by atomic mass is 16.5. The Bertz CT molecular complexity index is 470. The van der Waals surface area contributed by atoms with Gasteiger partial charge < -0.3 is 15.7 Å². The van der Waals surface area contributed by atoms with Crippen LogP contribution in [0.15, 0.2) is 23.4 Å². The van der Waals surface area contributed by atoms with Crippen LogP contribution in [-0.2, 0) is 6.54 Å². The van der Waals surface area contributed by atoms with Gasteiger partial charge in [-0.1, -0.05) is 18.1 Å². The maximum absolute atomic E-state index is 8.74. The Morgan fingerprint density at radius 1 is 1.53 bits per heavy atom. The van der Waals surface area contributed by atoms with E-state index in [1.165, 1.54) is 18.4 Å². The topological polar surface area (TPSA) is 71.1 Å². The highest BCUT2D eigenvalue weighted by Crippen LogP contribution is 2.29. The summed E-state index contributed by atoms with van der Waals surface area (Å²) in [5.74, 6) is 0.706. The van der Waals surface area contributed by atoms with Gasteiger partial charge >= 0.3 is 0 Å². The van der Waals surface area contributed by atoms with Gasteiger partial charge in [0.1, 0.15) is 5.75 Å². The Balaban J connectivity index is 2.18. The molecule has 5 nitrogen and oxygen atoms in total. The fourth-order valence-corrected chi connectivity index (χ4v) is 2.27. The second-order valence-corrected chi connectivity index (χ2v) is 4.81. The van der Waals surface area contributed by atoms with Crippen molar-refractivity contribution >= 4 is 5.84 Å². The summed E-state index contributed by atoms with van der Waals surface area (Å²) in [6.45, 7) is 4.14. The van der Waals surface area contributed by atoms with Crippen molar-refractivity contribution in [1.82, 2.24) is 4.90 Å². The predicted octanol–water partition coefficient (Wildman–Crippen LogP) is 1.77. The van der Waals surface area contributed by atoms with Crippen molar-refractivity contribution in [2.45, 2.75) is 32.4 Å². The number of hydrogen-bond donors (Lipinski definition) is 2. The Morgan fingerprint density at radius 2 is 2.26 bits per heavy atom. The number of benzene rings is 1. The minimum Gasteiger partial charge on any atom is -0.496 e. The summed E-state index contributed by atoms with van der Waals surface area (Å²) < 4.78 is 5.31. The third-order valence-electron chi connectivity index (χ3n) is 3.50. The van der Waals surface area contributed by atoms with Gasteiger partial charge in [-0.15, -0.1) is 0 Å². The monoisotopic (exact) mass is 263 g/mol. The van der Waals surface area contributed by atoms with Crippen LogP contribution in [-0.4, -0.2) is 35.6 Å². The molecule has 104 valence electrons. The van der Waals surface area contributed by atoms with Gasteiger partial charge in [0.15, 0.2) is 5.84 Å². The molecule has 0 heterocycles. The molecule has 0 atom stereocenters. The minimum absolute atomic E-state index is 0.0675. The van der Waals surface area contributed by atoms with Gasteiger partial charge in [-0.25, -0.2) is 0 Å². The zero-order chi connectivity index (χ0) is 13.8. The molecule has 0 amide bonds. The van der Waals surface area contributed by atoms with Crippen LogP contribution >= 0.6 is 0 Å². The van der Waals surface area contributed by atoms with Crippen molar-refractivity contribution in [3.05, 3.63) is 29.3 Å². The molecule has 1 aliphatic rings. The van der Waals surface area contributed by atoms with Crippen LogP contribution in [0.5, 0.6) is 5.75 Å². The van der Waals surface area contributed by atoms with E-state index in [0.717, 1.165) is 19.1 Å². The molecule has 0 unspecified atom stereocenters. The Labute approximate surface area is 113 Å². The zero-order valence-corrected chi connectivity index (χ0v) is 11.5. The van der Waals surface area contributed by atoms with Crippen molar-refractivity contribution in [1.29, 1.82) is 0 Å². The average Bonchev–Trinajstić information content (AvgIpc) is 3.28. The second kappa shape index (κ2) is 5.93. The minimum atomic E-state index is 0.0675. The smallest absolute Gasteiger partial charge is 0.173 e. The molecule has 0 aliphatic heterocycles. The zero-order valence-electron chi connectivity index (χ0n) is 11.5. The summed E-state index contributed by atoms with van der Waals surface area (Å²) in [5.41, 5.74) is 7.41. The van der Waals surface area contributed by atoms with Crippen LogP contribution in [0.4, 0.5) is 0 Å². The van der Waals surface area contributed by atoms with E-state index in [4.69, 9.17) is 15.7 Å². The summed E-state index contributed by atoms with van der Waals surface area (Å²) in [5, 5.41) is 11.8. The molecule has 1 aliphatic carbocycles. The van der Waals surface area contributed by atoms with Crippen molar-refractivity contribution in [3.8, 4) is 5.75 Å².